The molecule has 0 aliphatic carbocycles. The number of aromatic nitrogens is 2. The van der Waals surface area contributed by atoms with Crippen LogP contribution in [0.15, 0.2) is 36.5 Å². The van der Waals surface area contributed by atoms with Crippen LogP contribution in [0.2, 0.25) is 0 Å². The Morgan fingerprint density at radius 2 is 1.87 bits per heavy atom. The van der Waals surface area contributed by atoms with Crippen LogP contribution in [-0.2, 0) is 13.1 Å². The third-order valence-corrected chi connectivity index (χ3v) is 6.53. The van der Waals surface area contributed by atoms with Gasteiger partial charge < -0.3 is 19.7 Å². The fraction of sp³-hybridized carbons (Fsp3) is 0.542. The van der Waals surface area contributed by atoms with E-state index in [-0.39, 0.29) is 11.8 Å². The number of piperidine rings is 1. The Morgan fingerprint density at radius 1 is 1.13 bits per heavy atom. The van der Waals surface area contributed by atoms with Crippen molar-refractivity contribution >= 4 is 11.8 Å². The molecule has 0 saturated carbocycles. The minimum absolute atomic E-state index is 0.119. The Balaban J connectivity index is 1.28. The van der Waals surface area contributed by atoms with E-state index in [9.17, 15) is 9.59 Å². The van der Waals surface area contributed by atoms with E-state index in [1.807, 2.05) is 30.3 Å². The number of carbonyl (C=O) groups excluding carboxylic acids is 2. The lowest BCUT2D eigenvalue weighted by Gasteiger charge is -2.34. The second-order valence-corrected chi connectivity index (χ2v) is 8.97. The van der Waals surface area contributed by atoms with Gasteiger partial charge in [-0.25, -0.2) is 4.98 Å². The highest BCUT2D eigenvalue weighted by Gasteiger charge is 2.28. The molecule has 2 aliphatic rings. The van der Waals surface area contributed by atoms with Gasteiger partial charge in [-0.1, -0.05) is 30.3 Å². The van der Waals surface area contributed by atoms with Gasteiger partial charge in [0.15, 0.2) is 5.82 Å². The molecule has 2 aliphatic heterocycles. The number of nitrogens with zero attached hydrogens (tertiary/aromatic N) is 4. The largest absolute Gasteiger partial charge is 0.351 e. The standard InChI is InChI=1S/C24H33N5O2/c1-18(2)27-12-9-19(10-13-27)8-11-25-23(30)21-17-28-14-15-29(24(31)22(28)26-21)16-20-6-4-3-5-7-20/h3-7,17-19H,8-16H2,1-2H3,(H,25,30). The maximum atomic E-state index is 12.9. The average molecular weight is 424 g/mol. The maximum absolute atomic E-state index is 12.9. The average Bonchev–Trinajstić information content (AvgIpc) is 3.22. The van der Waals surface area contributed by atoms with Crippen LogP contribution in [0.3, 0.4) is 0 Å². The molecule has 7 heteroatoms. The summed E-state index contributed by atoms with van der Waals surface area (Å²) in [7, 11) is 0. The molecule has 1 N–H and O–H groups in total. The summed E-state index contributed by atoms with van der Waals surface area (Å²) in [5.41, 5.74) is 1.42. The summed E-state index contributed by atoms with van der Waals surface area (Å²) in [6.07, 6.45) is 5.09. The Labute approximate surface area is 184 Å². The van der Waals surface area contributed by atoms with Crippen LogP contribution in [0.4, 0.5) is 0 Å². The number of hydrogen-bond acceptors (Lipinski definition) is 4. The second-order valence-electron chi connectivity index (χ2n) is 8.97. The molecular weight excluding hydrogens is 390 g/mol. The molecule has 3 heterocycles. The fourth-order valence-electron chi connectivity index (χ4n) is 4.53. The van der Waals surface area contributed by atoms with Gasteiger partial charge in [0.2, 0.25) is 0 Å². The van der Waals surface area contributed by atoms with Crippen molar-refractivity contribution in [3.63, 3.8) is 0 Å². The van der Waals surface area contributed by atoms with Crippen LogP contribution in [0.5, 0.6) is 0 Å². The number of likely N-dealkylation sites (tertiary alicyclic amines) is 1. The lowest BCUT2D eigenvalue weighted by atomic mass is 9.93. The van der Waals surface area contributed by atoms with E-state index in [0.29, 0.717) is 49.7 Å². The molecule has 166 valence electrons. The lowest BCUT2D eigenvalue weighted by molar-refractivity contribution is 0.0683. The van der Waals surface area contributed by atoms with Crippen LogP contribution in [0.25, 0.3) is 0 Å². The SMILES string of the molecule is CC(C)N1CCC(CCNC(=O)c2cn3c(n2)C(=O)N(Cc2ccccc2)CC3)CC1. The van der Waals surface area contributed by atoms with Gasteiger partial charge in [0.05, 0.1) is 0 Å². The molecule has 2 amide bonds. The van der Waals surface area contributed by atoms with Crippen molar-refractivity contribution in [2.75, 3.05) is 26.2 Å². The van der Waals surface area contributed by atoms with Crippen LogP contribution < -0.4 is 5.32 Å². The zero-order valence-electron chi connectivity index (χ0n) is 18.6. The third kappa shape index (κ3) is 5.15. The van der Waals surface area contributed by atoms with Gasteiger partial charge in [0.25, 0.3) is 11.8 Å². The Morgan fingerprint density at radius 3 is 2.58 bits per heavy atom. The highest BCUT2D eigenvalue weighted by molar-refractivity contribution is 5.96. The van der Waals surface area contributed by atoms with E-state index in [2.05, 4.69) is 29.0 Å². The Bertz CT molecular complexity index is 900. The molecule has 0 bridgehead atoms. The first-order valence-electron chi connectivity index (χ1n) is 11.4. The zero-order chi connectivity index (χ0) is 21.8. The number of benzene rings is 1. The molecule has 7 nitrogen and oxygen atoms in total. The van der Waals surface area contributed by atoms with Gasteiger partial charge in [0, 0.05) is 38.4 Å². The van der Waals surface area contributed by atoms with E-state index in [1.165, 1.54) is 12.8 Å². The van der Waals surface area contributed by atoms with Crippen molar-refractivity contribution in [2.45, 2.75) is 52.2 Å². The molecule has 4 rings (SSSR count). The number of nitrogens with one attached hydrogen (secondary N) is 1. The molecule has 1 saturated heterocycles. The minimum atomic E-state index is -0.191. The lowest BCUT2D eigenvalue weighted by Crippen LogP contribution is -2.39. The van der Waals surface area contributed by atoms with Crippen molar-refractivity contribution in [1.29, 1.82) is 0 Å². The number of imidazole rings is 1. The first kappa shape index (κ1) is 21.6. The highest BCUT2D eigenvalue weighted by Crippen LogP contribution is 2.21. The second kappa shape index (κ2) is 9.64. The number of amides is 2. The summed E-state index contributed by atoms with van der Waals surface area (Å²) in [6.45, 7) is 9.27. The van der Waals surface area contributed by atoms with Gasteiger partial charge in [-0.15, -0.1) is 0 Å². The van der Waals surface area contributed by atoms with E-state index >= 15 is 0 Å². The Hall–Kier alpha value is -2.67. The van der Waals surface area contributed by atoms with Gasteiger partial charge >= 0.3 is 0 Å². The van der Waals surface area contributed by atoms with Gasteiger partial charge in [-0.3, -0.25) is 9.59 Å². The van der Waals surface area contributed by atoms with E-state index in [0.717, 1.165) is 25.1 Å². The van der Waals surface area contributed by atoms with Crippen LogP contribution >= 0.6 is 0 Å². The van der Waals surface area contributed by atoms with Crippen LogP contribution in [-0.4, -0.2) is 63.4 Å². The number of fused-ring (bicyclic) bond motifs is 1. The van der Waals surface area contributed by atoms with Crippen molar-refractivity contribution in [1.82, 2.24) is 24.7 Å². The fourth-order valence-corrected chi connectivity index (χ4v) is 4.53. The zero-order valence-corrected chi connectivity index (χ0v) is 18.6. The van der Waals surface area contributed by atoms with Gasteiger partial charge in [-0.05, 0) is 57.7 Å². The number of hydrogen-bond donors (Lipinski definition) is 1. The van der Waals surface area contributed by atoms with Crippen molar-refractivity contribution in [3.8, 4) is 0 Å². The molecule has 1 aromatic carbocycles. The predicted octanol–water partition coefficient (Wildman–Crippen LogP) is 2.78. The topological polar surface area (TPSA) is 70.5 Å². The monoisotopic (exact) mass is 423 g/mol. The number of carbonyl (C=O) groups is 2. The smallest absolute Gasteiger partial charge is 0.290 e. The van der Waals surface area contributed by atoms with E-state index < -0.39 is 0 Å². The van der Waals surface area contributed by atoms with Crippen LogP contribution in [0, 0.1) is 5.92 Å². The van der Waals surface area contributed by atoms with Crippen molar-refractivity contribution < 1.29 is 9.59 Å². The summed E-state index contributed by atoms with van der Waals surface area (Å²) < 4.78 is 1.81. The summed E-state index contributed by atoms with van der Waals surface area (Å²) in [6, 6.07) is 10.5. The van der Waals surface area contributed by atoms with Crippen molar-refractivity contribution in [3.05, 3.63) is 53.6 Å². The van der Waals surface area contributed by atoms with E-state index in [1.54, 1.807) is 15.7 Å². The predicted molar refractivity (Wildman–Crippen MR) is 120 cm³/mol. The first-order chi connectivity index (χ1) is 15.0. The third-order valence-electron chi connectivity index (χ3n) is 6.53. The molecule has 2 aromatic rings. The molecular formula is C24H33N5O2. The normalized spacial score (nSPS) is 17.8. The molecule has 1 fully saturated rings. The molecule has 1 aromatic heterocycles. The maximum Gasteiger partial charge on any atom is 0.290 e. The van der Waals surface area contributed by atoms with Gasteiger partial charge in [-0.2, -0.15) is 0 Å². The highest BCUT2D eigenvalue weighted by atomic mass is 16.2. The van der Waals surface area contributed by atoms with Gasteiger partial charge in [0.1, 0.15) is 5.69 Å². The molecule has 31 heavy (non-hydrogen) atoms. The quantitative estimate of drug-likeness (QED) is 0.743. The number of rotatable bonds is 7. The van der Waals surface area contributed by atoms with Crippen molar-refractivity contribution in [2.24, 2.45) is 5.92 Å². The first-order valence-corrected chi connectivity index (χ1v) is 11.4. The summed E-state index contributed by atoms with van der Waals surface area (Å²) >= 11 is 0. The molecule has 0 radical (unpaired) electrons. The van der Waals surface area contributed by atoms with E-state index in [4.69, 9.17) is 0 Å². The summed E-state index contributed by atoms with van der Waals surface area (Å²) in [5.74, 6) is 0.710. The Kier molecular flexibility index (Phi) is 6.70. The molecule has 0 unspecified atom stereocenters. The molecule has 0 atom stereocenters. The minimum Gasteiger partial charge on any atom is -0.351 e. The van der Waals surface area contributed by atoms with Crippen LogP contribution in [0.1, 0.15) is 59.8 Å². The molecule has 0 spiro atoms. The summed E-state index contributed by atoms with van der Waals surface area (Å²) in [5, 5.41) is 3.00. The summed E-state index contributed by atoms with van der Waals surface area (Å²) in [4.78, 5) is 34.1.